The minimum Gasteiger partial charge on any atom is -0.378 e. The van der Waals surface area contributed by atoms with E-state index in [0.717, 1.165) is 42.6 Å². The van der Waals surface area contributed by atoms with Crippen molar-refractivity contribution in [3.8, 4) is 0 Å². The van der Waals surface area contributed by atoms with E-state index in [1.54, 1.807) is 0 Å². The number of benzene rings is 1. The maximum Gasteiger partial charge on any atom is 0.224 e. The van der Waals surface area contributed by atoms with E-state index in [1.807, 2.05) is 0 Å². The standard InChI is InChI=1S/C25H35ClN2O/c1-16-13-20-19(17(2)23(16)28-22(29)15-24(3,4)5)10-7-11-21(20)27-18-9-8-12-25(6,26)14-18/h8-9,13-14,21,27H,7,10-12,15H2,1-6H3,(H,28,29). The number of hydrogen-bond acceptors (Lipinski definition) is 2. The van der Waals surface area contributed by atoms with Crippen LogP contribution in [0.15, 0.2) is 30.0 Å². The van der Waals surface area contributed by atoms with E-state index in [-0.39, 0.29) is 22.2 Å². The largest absolute Gasteiger partial charge is 0.378 e. The first-order chi connectivity index (χ1) is 13.5. The Labute approximate surface area is 181 Å². The van der Waals surface area contributed by atoms with E-state index >= 15 is 0 Å². The average Bonchev–Trinajstić information content (AvgIpc) is 2.57. The van der Waals surface area contributed by atoms with Crippen molar-refractivity contribution in [2.45, 2.75) is 84.6 Å². The van der Waals surface area contributed by atoms with E-state index in [1.165, 1.54) is 16.7 Å². The van der Waals surface area contributed by atoms with Gasteiger partial charge in [0.05, 0.1) is 10.9 Å². The lowest BCUT2D eigenvalue weighted by Crippen LogP contribution is -2.28. The molecule has 2 N–H and O–H groups in total. The fourth-order valence-electron chi connectivity index (χ4n) is 4.48. The molecule has 0 bridgehead atoms. The SMILES string of the molecule is Cc1cc2c(c(C)c1NC(=O)CC(C)(C)C)CCCC2NC1=CC(C)(Cl)CC=C1. The molecule has 1 aromatic rings. The summed E-state index contributed by atoms with van der Waals surface area (Å²) in [5.41, 5.74) is 7.15. The number of fused-ring (bicyclic) bond motifs is 1. The van der Waals surface area contributed by atoms with Gasteiger partial charge in [-0.3, -0.25) is 4.79 Å². The quantitative estimate of drug-likeness (QED) is 0.553. The Hall–Kier alpha value is -1.74. The van der Waals surface area contributed by atoms with Crippen LogP contribution >= 0.6 is 11.6 Å². The van der Waals surface area contributed by atoms with Crippen LogP contribution in [0, 0.1) is 19.3 Å². The molecule has 2 unspecified atom stereocenters. The van der Waals surface area contributed by atoms with Crippen LogP contribution in [-0.4, -0.2) is 10.8 Å². The second kappa shape index (κ2) is 8.18. The van der Waals surface area contributed by atoms with Crippen LogP contribution in [0.5, 0.6) is 0 Å². The van der Waals surface area contributed by atoms with Gasteiger partial charge in [0, 0.05) is 17.8 Å². The van der Waals surface area contributed by atoms with Crippen molar-refractivity contribution in [2.75, 3.05) is 5.32 Å². The molecule has 3 rings (SSSR count). The second-order valence-electron chi connectivity index (χ2n) is 10.1. The number of nitrogens with one attached hydrogen (secondary N) is 2. The molecule has 158 valence electrons. The summed E-state index contributed by atoms with van der Waals surface area (Å²) in [5, 5.41) is 6.91. The number of aryl methyl sites for hydroxylation is 1. The zero-order valence-corrected chi connectivity index (χ0v) is 19.5. The molecule has 1 aromatic carbocycles. The Kier molecular flexibility index (Phi) is 6.19. The van der Waals surface area contributed by atoms with Gasteiger partial charge >= 0.3 is 0 Å². The molecule has 0 heterocycles. The Morgan fingerprint density at radius 2 is 2.03 bits per heavy atom. The van der Waals surface area contributed by atoms with Gasteiger partial charge in [-0.2, -0.15) is 0 Å². The zero-order valence-electron chi connectivity index (χ0n) is 18.7. The summed E-state index contributed by atoms with van der Waals surface area (Å²) < 4.78 is 0. The Balaban J connectivity index is 1.86. The predicted octanol–water partition coefficient (Wildman–Crippen LogP) is 6.49. The number of carbonyl (C=O) groups excluding carboxylic acids is 1. The van der Waals surface area contributed by atoms with Crippen molar-refractivity contribution >= 4 is 23.2 Å². The molecular formula is C25H35ClN2O. The Morgan fingerprint density at radius 3 is 2.69 bits per heavy atom. The highest BCUT2D eigenvalue weighted by molar-refractivity contribution is 6.25. The molecule has 0 saturated carbocycles. The first-order valence-corrected chi connectivity index (χ1v) is 11.1. The summed E-state index contributed by atoms with van der Waals surface area (Å²) in [6, 6.07) is 2.54. The number of carbonyl (C=O) groups is 1. The van der Waals surface area contributed by atoms with Gasteiger partial charge in [-0.15, -0.1) is 11.6 Å². The third-order valence-electron chi connectivity index (χ3n) is 5.80. The Bertz CT molecular complexity index is 859. The van der Waals surface area contributed by atoms with Gasteiger partial charge in [-0.25, -0.2) is 0 Å². The van der Waals surface area contributed by atoms with Crippen molar-refractivity contribution in [3.63, 3.8) is 0 Å². The zero-order chi connectivity index (χ0) is 21.4. The molecule has 2 aliphatic carbocycles. The molecule has 2 aliphatic rings. The number of halogens is 1. The van der Waals surface area contributed by atoms with Crippen LogP contribution in [0.25, 0.3) is 0 Å². The predicted molar refractivity (Wildman–Crippen MR) is 124 cm³/mol. The van der Waals surface area contributed by atoms with E-state index < -0.39 is 0 Å². The van der Waals surface area contributed by atoms with Gasteiger partial charge in [0.25, 0.3) is 0 Å². The lowest BCUT2D eigenvalue weighted by Gasteiger charge is -2.32. The Morgan fingerprint density at radius 1 is 1.31 bits per heavy atom. The second-order valence-corrected chi connectivity index (χ2v) is 11.0. The van der Waals surface area contributed by atoms with Crippen LogP contribution in [0.4, 0.5) is 5.69 Å². The van der Waals surface area contributed by atoms with Crippen LogP contribution in [0.2, 0.25) is 0 Å². The van der Waals surface area contributed by atoms with Crippen LogP contribution in [0.3, 0.4) is 0 Å². The van der Waals surface area contributed by atoms with Gasteiger partial charge in [0.2, 0.25) is 5.91 Å². The maximum atomic E-state index is 12.5. The molecule has 0 aliphatic heterocycles. The number of rotatable bonds is 4. The van der Waals surface area contributed by atoms with Gasteiger partial charge in [0.15, 0.2) is 0 Å². The molecule has 0 radical (unpaired) electrons. The normalized spacial score (nSPS) is 24.0. The molecule has 3 nitrogen and oxygen atoms in total. The molecule has 0 spiro atoms. The summed E-state index contributed by atoms with van der Waals surface area (Å²) >= 11 is 6.54. The summed E-state index contributed by atoms with van der Waals surface area (Å²) in [4.78, 5) is 12.2. The van der Waals surface area contributed by atoms with Gasteiger partial charge in [-0.05, 0) is 86.3 Å². The molecule has 29 heavy (non-hydrogen) atoms. The monoisotopic (exact) mass is 414 g/mol. The molecule has 0 aromatic heterocycles. The lowest BCUT2D eigenvalue weighted by molar-refractivity contribution is -0.117. The third kappa shape index (κ3) is 5.45. The average molecular weight is 415 g/mol. The smallest absolute Gasteiger partial charge is 0.224 e. The minimum atomic E-state index is -0.318. The van der Waals surface area contributed by atoms with E-state index in [9.17, 15) is 4.79 Å². The fraction of sp³-hybridized carbons (Fsp3) is 0.560. The van der Waals surface area contributed by atoms with Gasteiger partial charge in [0.1, 0.15) is 0 Å². The highest BCUT2D eigenvalue weighted by Gasteiger charge is 2.27. The first-order valence-electron chi connectivity index (χ1n) is 10.7. The molecule has 1 amide bonds. The van der Waals surface area contributed by atoms with Crippen molar-refractivity contribution < 1.29 is 4.79 Å². The van der Waals surface area contributed by atoms with E-state index in [0.29, 0.717) is 6.42 Å². The van der Waals surface area contributed by atoms with Crippen molar-refractivity contribution in [2.24, 2.45) is 5.41 Å². The summed E-state index contributed by atoms with van der Waals surface area (Å²) in [7, 11) is 0. The fourth-order valence-corrected chi connectivity index (χ4v) is 4.69. The third-order valence-corrected chi connectivity index (χ3v) is 6.07. The highest BCUT2D eigenvalue weighted by atomic mass is 35.5. The van der Waals surface area contributed by atoms with Gasteiger partial charge in [-0.1, -0.05) is 32.9 Å². The van der Waals surface area contributed by atoms with E-state index in [4.69, 9.17) is 11.6 Å². The summed E-state index contributed by atoms with van der Waals surface area (Å²) in [5.74, 6) is 0.0908. The molecular weight excluding hydrogens is 380 g/mol. The minimum absolute atomic E-state index is 0.0206. The number of allylic oxidation sites excluding steroid dienone is 3. The van der Waals surface area contributed by atoms with Crippen LogP contribution in [-0.2, 0) is 11.2 Å². The van der Waals surface area contributed by atoms with Crippen molar-refractivity contribution in [1.29, 1.82) is 0 Å². The topological polar surface area (TPSA) is 41.1 Å². The number of alkyl halides is 1. The van der Waals surface area contributed by atoms with Crippen LogP contribution in [0.1, 0.15) is 81.7 Å². The first kappa shape index (κ1) is 22.0. The molecule has 0 saturated heterocycles. The summed E-state index contributed by atoms with van der Waals surface area (Å²) in [6.07, 6.45) is 11.1. The summed E-state index contributed by atoms with van der Waals surface area (Å²) in [6.45, 7) is 12.6. The van der Waals surface area contributed by atoms with Gasteiger partial charge < -0.3 is 10.6 Å². The lowest BCUT2D eigenvalue weighted by atomic mass is 9.82. The van der Waals surface area contributed by atoms with E-state index in [2.05, 4.69) is 76.5 Å². The number of anilines is 1. The molecule has 0 fully saturated rings. The molecule has 2 atom stereocenters. The number of hydrogen-bond donors (Lipinski definition) is 2. The van der Waals surface area contributed by atoms with Crippen molar-refractivity contribution in [1.82, 2.24) is 5.32 Å². The maximum absolute atomic E-state index is 12.5. The molecule has 4 heteroatoms. The van der Waals surface area contributed by atoms with Crippen LogP contribution < -0.4 is 10.6 Å². The van der Waals surface area contributed by atoms with Crippen molar-refractivity contribution in [3.05, 3.63) is 52.2 Å². The highest BCUT2D eigenvalue weighted by Crippen LogP contribution is 2.38. The number of amides is 1.